The maximum absolute atomic E-state index is 12.2. The number of anilines is 1. The maximum Gasteiger partial charge on any atom is 0.257 e. The van der Waals surface area contributed by atoms with Gasteiger partial charge >= 0.3 is 0 Å². The Morgan fingerprint density at radius 2 is 2.10 bits per heavy atom. The molecule has 1 amide bonds. The van der Waals surface area contributed by atoms with Gasteiger partial charge < -0.3 is 10.1 Å². The molecule has 4 nitrogen and oxygen atoms in total. The molecule has 21 heavy (non-hydrogen) atoms. The average Bonchev–Trinajstić information content (AvgIpc) is 2.41. The van der Waals surface area contributed by atoms with Crippen molar-refractivity contribution in [3.05, 3.63) is 52.8 Å². The molecule has 1 aromatic heterocycles. The quantitative estimate of drug-likeness (QED) is 0.926. The number of ether oxygens (including phenoxy) is 1. The number of hydrogen-bond donors (Lipinski definition) is 1. The number of aryl methyl sites for hydroxylation is 1. The van der Waals surface area contributed by atoms with E-state index in [0.717, 1.165) is 17.0 Å². The molecule has 2 aromatic rings. The summed E-state index contributed by atoms with van der Waals surface area (Å²) in [6.45, 7) is 5.85. The van der Waals surface area contributed by atoms with Gasteiger partial charge in [-0.3, -0.25) is 9.78 Å². The monoisotopic (exact) mass is 304 g/mol. The number of hydrogen-bond acceptors (Lipinski definition) is 3. The summed E-state index contributed by atoms with van der Waals surface area (Å²) >= 11 is 5.96. The van der Waals surface area contributed by atoms with Gasteiger partial charge in [0.05, 0.1) is 16.7 Å². The van der Waals surface area contributed by atoms with Crippen LogP contribution in [0.4, 0.5) is 5.69 Å². The number of aromatic nitrogens is 1. The van der Waals surface area contributed by atoms with Gasteiger partial charge in [-0.1, -0.05) is 11.6 Å². The fraction of sp³-hybridized carbons (Fsp3) is 0.250. The van der Waals surface area contributed by atoms with Gasteiger partial charge in [0.1, 0.15) is 5.75 Å². The summed E-state index contributed by atoms with van der Waals surface area (Å²) in [6.07, 6.45) is 3.09. The zero-order chi connectivity index (χ0) is 15.4. The molecule has 0 bridgehead atoms. The standard InChI is InChI=1S/C16H17ClN2O2/c1-10(2)21-12-4-5-15(11(3)8-12)19-16(20)13-6-7-18-9-14(13)17/h4-10H,1-3H3,(H,19,20). The van der Waals surface area contributed by atoms with E-state index >= 15 is 0 Å². The van der Waals surface area contributed by atoms with Crippen molar-refractivity contribution in [2.75, 3.05) is 5.32 Å². The highest BCUT2D eigenvalue weighted by atomic mass is 35.5. The summed E-state index contributed by atoms with van der Waals surface area (Å²) in [4.78, 5) is 16.1. The molecule has 0 spiro atoms. The molecular weight excluding hydrogens is 288 g/mol. The molecule has 1 heterocycles. The van der Waals surface area contributed by atoms with E-state index in [1.807, 2.05) is 39.0 Å². The number of rotatable bonds is 4. The zero-order valence-corrected chi connectivity index (χ0v) is 12.9. The summed E-state index contributed by atoms with van der Waals surface area (Å²) in [5.74, 6) is 0.519. The van der Waals surface area contributed by atoms with E-state index in [-0.39, 0.29) is 12.0 Å². The highest BCUT2D eigenvalue weighted by molar-refractivity contribution is 6.34. The SMILES string of the molecule is Cc1cc(OC(C)C)ccc1NC(=O)c1ccncc1Cl. The van der Waals surface area contributed by atoms with E-state index in [0.29, 0.717) is 10.6 Å². The Balaban J connectivity index is 2.17. The molecule has 0 fully saturated rings. The number of carbonyl (C=O) groups is 1. The number of pyridine rings is 1. The topological polar surface area (TPSA) is 51.2 Å². The lowest BCUT2D eigenvalue weighted by Gasteiger charge is -2.13. The number of nitrogens with one attached hydrogen (secondary N) is 1. The highest BCUT2D eigenvalue weighted by Gasteiger charge is 2.12. The summed E-state index contributed by atoms with van der Waals surface area (Å²) < 4.78 is 5.62. The lowest BCUT2D eigenvalue weighted by atomic mass is 10.1. The van der Waals surface area contributed by atoms with Crippen molar-refractivity contribution in [3.8, 4) is 5.75 Å². The third kappa shape index (κ3) is 3.95. The van der Waals surface area contributed by atoms with Crippen LogP contribution in [0, 0.1) is 6.92 Å². The molecule has 0 atom stereocenters. The van der Waals surface area contributed by atoms with Gasteiger partial charge in [-0.2, -0.15) is 0 Å². The fourth-order valence-electron chi connectivity index (χ4n) is 1.87. The van der Waals surface area contributed by atoms with Crippen molar-refractivity contribution in [2.45, 2.75) is 26.9 Å². The first kappa shape index (κ1) is 15.3. The Morgan fingerprint density at radius 1 is 1.33 bits per heavy atom. The predicted octanol–water partition coefficient (Wildman–Crippen LogP) is 4.08. The van der Waals surface area contributed by atoms with Crippen molar-refractivity contribution >= 4 is 23.2 Å². The third-order valence-electron chi connectivity index (χ3n) is 2.83. The largest absolute Gasteiger partial charge is 0.491 e. The molecule has 1 aromatic carbocycles. The normalized spacial score (nSPS) is 10.5. The van der Waals surface area contributed by atoms with Crippen molar-refractivity contribution in [3.63, 3.8) is 0 Å². The number of carbonyl (C=O) groups excluding carboxylic acids is 1. The Morgan fingerprint density at radius 3 is 2.71 bits per heavy atom. The molecule has 0 aliphatic rings. The van der Waals surface area contributed by atoms with E-state index in [1.54, 1.807) is 6.07 Å². The van der Waals surface area contributed by atoms with E-state index in [2.05, 4.69) is 10.3 Å². The molecule has 2 rings (SSSR count). The lowest BCUT2D eigenvalue weighted by Crippen LogP contribution is -2.13. The molecule has 0 saturated carbocycles. The van der Waals surface area contributed by atoms with Gasteiger partial charge in [0.15, 0.2) is 0 Å². The lowest BCUT2D eigenvalue weighted by molar-refractivity contribution is 0.102. The summed E-state index contributed by atoms with van der Waals surface area (Å²) in [7, 11) is 0. The van der Waals surface area contributed by atoms with Crippen LogP contribution in [0.15, 0.2) is 36.7 Å². The zero-order valence-electron chi connectivity index (χ0n) is 12.2. The summed E-state index contributed by atoms with van der Waals surface area (Å²) in [5.41, 5.74) is 2.05. The predicted molar refractivity (Wildman–Crippen MR) is 84.1 cm³/mol. The highest BCUT2D eigenvalue weighted by Crippen LogP contribution is 2.23. The van der Waals surface area contributed by atoms with Crippen molar-refractivity contribution in [1.29, 1.82) is 0 Å². The van der Waals surface area contributed by atoms with Crippen LogP contribution in [0.1, 0.15) is 29.8 Å². The Hall–Kier alpha value is -2.07. The van der Waals surface area contributed by atoms with Crippen LogP contribution in [0.25, 0.3) is 0 Å². The number of halogens is 1. The number of nitrogens with zero attached hydrogens (tertiary/aromatic N) is 1. The van der Waals surface area contributed by atoms with Crippen LogP contribution in [0.2, 0.25) is 5.02 Å². The minimum absolute atomic E-state index is 0.112. The third-order valence-corrected chi connectivity index (χ3v) is 3.14. The van der Waals surface area contributed by atoms with Crippen molar-refractivity contribution in [2.24, 2.45) is 0 Å². The van der Waals surface area contributed by atoms with Crippen molar-refractivity contribution in [1.82, 2.24) is 4.98 Å². The van der Waals surface area contributed by atoms with Gasteiger partial charge in [-0.15, -0.1) is 0 Å². The van der Waals surface area contributed by atoms with E-state index < -0.39 is 0 Å². The van der Waals surface area contributed by atoms with Crippen LogP contribution in [0.3, 0.4) is 0 Å². The van der Waals surface area contributed by atoms with Crippen LogP contribution in [-0.4, -0.2) is 17.0 Å². The molecule has 0 radical (unpaired) electrons. The van der Waals surface area contributed by atoms with Gasteiger partial charge in [0.25, 0.3) is 5.91 Å². The van der Waals surface area contributed by atoms with Gasteiger partial charge in [-0.05, 0) is 50.6 Å². The van der Waals surface area contributed by atoms with E-state index in [9.17, 15) is 4.79 Å². The minimum atomic E-state index is -0.261. The van der Waals surface area contributed by atoms with Crippen LogP contribution in [0.5, 0.6) is 5.75 Å². The summed E-state index contributed by atoms with van der Waals surface area (Å²) in [6, 6.07) is 7.13. The van der Waals surface area contributed by atoms with Crippen LogP contribution < -0.4 is 10.1 Å². The number of amides is 1. The summed E-state index contributed by atoms with van der Waals surface area (Å²) in [5, 5.41) is 3.17. The maximum atomic E-state index is 12.2. The molecule has 110 valence electrons. The van der Waals surface area contributed by atoms with E-state index in [1.165, 1.54) is 12.4 Å². The number of benzene rings is 1. The molecule has 5 heteroatoms. The first-order valence-corrected chi connectivity index (χ1v) is 7.03. The van der Waals surface area contributed by atoms with Crippen molar-refractivity contribution < 1.29 is 9.53 Å². The van der Waals surface area contributed by atoms with Gasteiger partial charge in [0.2, 0.25) is 0 Å². The second-order valence-electron chi connectivity index (χ2n) is 4.95. The second-order valence-corrected chi connectivity index (χ2v) is 5.36. The second kappa shape index (κ2) is 6.59. The molecule has 0 aliphatic carbocycles. The Bertz CT molecular complexity index is 656. The minimum Gasteiger partial charge on any atom is -0.491 e. The Labute approximate surface area is 129 Å². The van der Waals surface area contributed by atoms with E-state index in [4.69, 9.17) is 16.3 Å². The molecule has 0 unspecified atom stereocenters. The Kier molecular flexibility index (Phi) is 4.81. The van der Waals surface area contributed by atoms with Crippen LogP contribution >= 0.6 is 11.6 Å². The molecule has 0 aliphatic heterocycles. The molecule has 0 saturated heterocycles. The van der Waals surface area contributed by atoms with Gasteiger partial charge in [-0.25, -0.2) is 0 Å². The first-order valence-electron chi connectivity index (χ1n) is 6.65. The van der Waals surface area contributed by atoms with Gasteiger partial charge in [0, 0.05) is 18.1 Å². The van der Waals surface area contributed by atoms with Crippen LogP contribution in [-0.2, 0) is 0 Å². The average molecular weight is 305 g/mol. The smallest absolute Gasteiger partial charge is 0.257 e. The molecular formula is C16H17ClN2O2. The fourth-order valence-corrected chi connectivity index (χ4v) is 2.08. The molecule has 1 N–H and O–H groups in total. The first-order chi connectivity index (χ1) is 9.97.